The highest BCUT2D eigenvalue weighted by Crippen LogP contribution is 2.29. The Bertz CT molecular complexity index is 276. The van der Waals surface area contributed by atoms with Gasteiger partial charge in [-0.25, -0.2) is 0 Å². The molecular formula is C16H30N2O. The summed E-state index contributed by atoms with van der Waals surface area (Å²) in [7, 11) is 0. The van der Waals surface area contributed by atoms with Crippen LogP contribution < -0.4 is 5.32 Å². The summed E-state index contributed by atoms with van der Waals surface area (Å²) in [6, 6.07) is 0.426. The summed E-state index contributed by atoms with van der Waals surface area (Å²) >= 11 is 0. The van der Waals surface area contributed by atoms with Crippen molar-refractivity contribution in [2.75, 3.05) is 19.6 Å². The number of likely N-dealkylation sites (tertiary alicyclic amines) is 1. The molecule has 0 spiro atoms. The van der Waals surface area contributed by atoms with Crippen LogP contribution in [0, 0.1) is 11.8 Å². The Hall–Kier alpha value is -0.570. The Morgan fingerprint density at radius 2 is 1.74 bits per heavy atom. The van der Waals surface area contributed by atoms with Gasteiger partial charge >= 0.3 is 0 Å². The number of piperidine rings is 1. The van der Waals surface area contributed by atoms with Gasteiger partial charge in [0.1, 0.15) is 0 Å². The Labute approximate surface area is 118 Å². The van der Waals surface area contributed by atoms with Crippen LogP contribution >= 0.6 is 0 Å². The lowest BCUT2D eigenvalue weighted by molar-refractivity contribution is -0.121. The summed E-state index contributed by atoms with van der Waals surface area (Å²) < 4.78 is 0. The van der Waals surface area contributed by atoms with Crippen molar-refractivity contribution in [1.82, 2.24) is 10.2 Å². The fraction of sp³-hybridized carbons (Fsp3) is 0.938. The van der Waals surface area contributed by atoms with E-state index in [-0.39, 0.29) is 5.91 Å². The second kappa shape index (κ2) is 7.28. The molecule has 0 atom stereocenters. The van der Waals surface area contributed by atoms with E-state index in [0.717, 1.165) is 24.7 Å². The largest absolute Gasteiger partial charge is 0.353 e. The summed E-state index contributed by atoms with van der Waals surface area (Å²) in [5, 5.41) is 3.13. The van der Waals surface area contributed by atoms with Gasteiger partial charge in [0.15, 0.2) is 0 Å². The van der Waals surface area contributed by atoms with Crippen LogP contribution in [0.25, 0.3) is 0 Å². The molecule has 0 bridgehead atoms. The summed E-state index contributed by atoms with van der Waals surface area (Å²) in [6.07, 6.45) is 8.58. The number of hydrogen-bond donors (Lipinski definition) is 1. The molecule has 0 aromatic heterocycles. The van der Waals surface area contributed by atoms with Crippen LogP contribution in [0.15, 0.2) is 0 Å². The summed E-state index contributed by atoms with van der Waals surface area (Å²) in [4.78, 5) is 14.0. The maximum atomic E-state index is 11.4. The van der Waals surface area contributed by atoms with Gasteiger partial charge in [0.25, 0.3) is 0 Å². The molecule has 2 aliphatic rings. The van der Waals surface area contributed by atoms with Crippen molar-refractivity contribution in [2.45, 2.75) is 64.8 Å². The summed E-state index contributed by atoms with van der Waals surface area (Å²) in [5.74, 6) is 2.09. The third-order valence-corrected chi connectivity index (χ3v) is 4.93. The van der Waals surface area contributed by atoms with Crippen LogP contribution in [0.1, 0.15) is 58.8 Å². The summed E-state index contributed by atoms with van der Waals surface area (Å²) in [5.41, 5.74) is 0. The van der Waals surface area contributed by atoms with E-state index in [4.69, 9.17) is 0 Å². The molecule has 1 saturated carbocycles. The first-order valence-electron chi connectivity index (χ1n) is 8.19. The molecular weight excluding hydrogens is 236 g/mol. The number of carbonyl (C=O) groups is 1. The van der Waals surface area contributed by atoms with Crippen molar-refractivity contribution in [3.05, 3.63) is 0 Å². The Morgan fingerprint density at radius 1 is 1.11 bits per heavy atom. The predicted molar refractivity (Wildman–Crippen MR) is 79.0 cm³/mol. The molecule has 0 unspecified atom stereocenters. The first kappa shape index (κ1) is 14.8. The van der Waals surface area contributed by atoms with E-state index >= 15 is 0 Å². The van der Waals surface area contributed by atoms with Gasteiger partial charge < -0.3 is 10.2 Å². The third kappa shape index (κ3) is 4.79. The van der Waals surface area contributed by atoms with Gasteiger partial charge in [-0.2, -0.15) is 0 Å². The minimum absolute atomic E-state index is 0.208. The Kier molecular flexibility index (Phi) is 5.68. The van der Waals surface area contributed by atoms with E-state index in [1.54, 1.807) is 0 Å². The van der Waals surface area contributed by atoms with Gasteiger partial charge in [-0.05, 0) is 37.5 Å². The highest BCUT2D eigenvalue weighted by molar-refractivity contribution is 5.75. The zero-order valence-electron chi connectivity index (χ0n) is 12.7. The minimum Gasteiger partial charge on any atom is -0.353 e. The zero-order valence-corrected chi connectivity index (χ0v) is 12.7. The van der Waals surface area contributed by atoms with Gasteiger partial charge in [-0.15, -0.1) is 0 Å². The number of nitrogens with zero attached hydrogens (tertiary/aromatic N) is 1. The number of amides is 1. The van der Waals surface area contributed by atoms with E-state index < -0.39 is 0 Å². The molecule has 1 amide bonds. The lowest BCUT2D eigenvalue weighted by Gasteiger charge is -2.36. The van der Waals surface area contributed by atoms with Gasteiger partial charge in [-0.1, -0.05) is 26.7 Å². The van der Waals surface area contributed by atoms with Crippen LogP contribution in [0.5, 0.6) is 0 Å². The maximum absolute atomic E-state index is 11.4. The normalized spacial score (nSPS) is 30.2. The van der Waals surface area contributed by atoms with Crippen LogP contribution in [0.2, 0.25) is 0 Å². The van der Waals surface area contributed by atoms with Gasteiger partial charge in [-0.3, -0.25) is 4.79 Å². The SMILES string of the molecule is CCC(=O)NC1CCN(CC2CCC(C)CC2)CC1. The quantitative estimate of drug-likeness (QED) is 0.848. The monoisotopic (exact) mass is 266 g/mol. The predicted octanol–water partition coefficient (Wildman–Crippen LogP) is 2.80. The summed E-state index contributed by atoms with van der Waals surface area (Å²) in [6.45, 7) is 7.94. The van der Waals surface area contributed by atoms with Crippen LogP contribution in [0.4, 0.5) is 0 Å². The molecule has 1 aliphatic heterocycles. The maximum Gasteiger partial charge on any atom is 0.219 e. The average molecular weight is 266 g/mol. The molecule has 19 heavy (non-hydrogen) atoms. The Morgan fingerprint density at radius 3 is 2.32 bits per heavy atom. The molecule has 3 heteroatoms. The lowest BCUT2D eigenvalue weighted by Crippen LogP contribution is -2.45. The lowest BCUT2D eigenvalue weighted by atomic mass is 9.82. The highest BCUT2D eigenvalue weighted by atomic mass is 16.1. The molecule has 0 aromatic carbocycles. The molecule has 2 rings (SSSR count). The van der Waals surface area contributed by atoms with Crippen molar-refractivity contribution in [1.29, 1.82) is 0 Å². The smallest absolute Gasteiger partial charge is 0.219 e. The fourth-order valence-electron chi connectivity index (χ4n) is 3.47. The number of nitrogens with one attached hydrogen (secondary N) is 1. The van der Waals surface area contributed by atoms with Crippen molar-refractivity contribution in [3.63, 3.8) is 0 Å². The van der Waals surface area contributed by atoms with Crippen molar-refractivity contribution >= 4 is 5.91 Å². The van der Waals surface area contributed by atoms with E-state index in [0.29, 0.717) is 12.5 Å². The zero-order chi connectivity index (χ0) is 13.7. The van der Waals surface area contributed by atoms with E-state index in [1.165, 1.54) is 45.3 Å². The first-order chi connectivity index (χ1) is 9.17. The van der Waals surface area contributed by atoms with Gasteiger partial charge in [0.05, 0.1) is 0 Å². The van der Waals surface area contributed by atoms with Crippen molar-refractivity contribution in [3.8, 4) is 0 Å². The molecule has 1 heterocycles. The average Bonchev–Trinajstić information content (AvgIpc) is 2.43. The first-order valence-corrected chi connectivity index (χ1v) is 8.19. The van der Waals surface area contributed by atoms with E-state index in [9.17, 15) is 4.79 Å². The van der Waals surface area contributed by atoms with Crippen molar-refractivity contribution in [2.24, 2.45) is 11.8 Å². The Balaban J connectivity index is 1.64. The minimum atomic E-state index is 0.208. The molecule has 110 valence electrons. The number of hydrogen-bond acceptors (Lipinski definition) is 2. The molecule has 0 aromatic rings. The highest BCUT2D eigenvalue weighted by Gasteiger charge is 2.24. The molecule has 2 fully saturated rings. The van der Waals surface area contributed by atoms with Crippen molar-refractivity contribution < 1.29 is 4.79 Å². The molecule has 1 aliphatic carbocycles. The number of carbonyl (C=O) groups excluding carboxylic acids is 1. The molecule has 1 saturated heterocycles. The molecule has 3 nitrogen and oxygen atoms in total. The number of rotatable bonds is 4. The molecule has 0 radical (unpaired) electrons. The van der Waals surface area contributed by atoms with Crippen LogP contribution in [0.3, 0.4) is 0 Å². The standard InChI is InChI=1S/C16H30N2O/c1-3-16(19)17-15-8-10-18(11-9-15)12-14-6-4-13(2)5-7-14/h13-15H,3-12H2,1-2H3,(H,17,19). The van der Waals surface area contributed by atoms with E-state index in [1.807, 2.05) is 6.92 Å². The van der Waals surface area contributed by atoms with Crippen LogP contribution in [-0.4, -0.2) is 36.5 Å². The van der Waals surface area contributed by atoms with Gasteiger partial charge in [0, 0.05) is 32.1 Å². The second-order valence-electron chi connectivity index (χ2n) is 6.62. The fourth-order valence-corrected chi connectivity index (χ4v) is 3.47. The molecule has 1 N–H and O–H groups in total. The van der Waals surface area contributed by atoms with Crippen LogP contribution in [-0.2, 0) is 4.79 Å². The third-order valence-electron chi connectivity index (χ3n) is 4.93. The topological polar surface area (TPSA) is 32.3 Å². The second-order valence-corrected chi connectivity index (χ2v) is 6.62. The van der Waals surface area contributed by atoms with Gasteiger partial charge in [0.2, 0.25) is 5.91 Å². The van der Waals surface area contributed by atoms with E-state index in [2.05, 4.69) is 17.1 Å².